The Bertz CT molecular complexity index is 3720. The highest BCUT2D eigenvalue weighted by Gasteiger charge is 2.36. The number of carbonyl (C=O) groups is 5. The number of piperazine rings is 1. The van der Waals surface area contributed by atoms with Gasteiger partial charge in [-0.1, -0.05) is 23.2 Å². The minimum Gasteiger partial charge on any atom is -0.565 e. The van der Waals surface area contributed by atoms with Crippen molar-refractivity contribution in [3.63, 3.8) is 0 Å². The van der Waals surface area contributed by atoms with E-state index >= 15 is 0 Å². The fourth-order valence-electron chi connectivity index (χ4n) is 12.3. The summed E-state index contributed by atoms with van der Waals surface area (Å²) in [6, 6.07) is 17.5. The first-order chi connectivity index (χ1) is 45.0. The lowest BCUT2D eigenvalue weighted by Crippen LogP contribution is -2.50. The van der Waals surface area contributed by atoms with Gasteiger partial charge in [-0.25, -0.2) is 29.6 Å². The monoisotopic (exact) mass is 1360 g/mol. The summed E-state index contributed by atoms with van der Waals surface area (Å²) in [4.78, 5) is 99.5. The molecule has 1 unspecified atom stereocenters. The minimum absolute atomic E-state index is 0. The van der Waals surface area contributed by atoms with Crippen LogP contribution in [-0.2, 0) is 23.5 Å². The van der Waals surface area contributed by atoms with E-state index in [0.29, 0.717) is 77.5 Å². The number of halogens is 2. The second kappa shape index (κ2) is 30.7. The molecule has 0 saturated carbocycles. The van der Waals surface area contributed by atoms with Crippen LogP contribution in [0.25, 0.3) is 11.3 Å². The molecule has 6 aromatic rings. The quantitative estimate of drug-likeness (QED) is 0.0419. The highest BCUT2D eigenvalue weighted by atomic mass is 35.5. The molecule has 3 N–H and O–H groups in total. The van der Waals surface area contributed by atoms with Gasteiger partial charge in [0.05, 0.1) is 58.2 Å². The number of amides is 5. The summed E-state index contributed by atoms with van der Waals surface area (Å²) >= 11 is 12.7. The van der Waals surface area contributed by atoms with Gasteiger partial charge in [0.1, 0.15) is 28.9 Å². The number of fused-ring (bicyclic) bond motifs is 2. The van der Waals surface area contributed by atoms with E-state index in [1.54, 1.807) is 69.0 Å². The molecule has 5 amide bonds. The third kappa shape index (κ3) is 17.0. The summed E-state index contributed by atoms with van der Waals surface area (Å²) in [5, 5.41) is 23.5. The minimum atomic E-state index is -3.04. The number of nitrogens with zero attached hydrogens (tertiary/aromatic N) is 13. The number of ether oxygens (including phenoxy) is 3. The molecular weight excluding hydrogens is 1270 g/mol. The Morgan fingerprint density at radius 2 is 0.979 bits per heavy atom. The molecule has 0 radical (unpaired) electrons. The highest BCUT2D eigenvalue weighted by molar-refractivity contribution is 7.30. The number of anilines is 6. The van der Waals surface area contributed by atoms with Crippen LogP contribution in [0.15, 0.2) is 60.7 Å². The second-order valence-electron chi connectivity index (χ2n) is 25.7. The molecule has 3 atom stereocenters. The Morgan fingerprint density at radius 3 is 1.36 bits per heavy atom. The molecule has 6 fully saturated rings. The molecule has 30 heteroatoms. The third-order valence-electron chi connectivity index (χ3n) is 17.0. The van der Waals surface area contributed by atoms with Gasteiger partial charge in [0, 0.05) is 119 Å². The standard InChI is InChI=1S/C34H45ClN8O5.C30H38ClN7O3.HO4P.H2/c1-22(2)47-32(45)36-25-11-10-23(35)19-24(25)31(44)42-14-7-6-9-27(42)26-20-29-37-28(39-12-8-13-39)21-30(43(29)38-26)40-15-17-41(18-16-40)33(46)48-34(3,4)5;1-20(2)41-30(40)32-23-11-10-21(31)17-22(23)29(39)37-16-7-4-9-25(37)24-18-27-33-26(35-14-8-15-35)19-28(38(27)34-24)36-12-5-3-6-13-36;1-4-5(2)3;/h10-11,19-22,27H,6-9,12-18H2,1-5H3,(H,36,45);10-11,17-20,25H,3-9,12-16H2,1-2H3,(H,32,40);1H;1H/t27-;25-;;/m00../s1. The second-order valence-corrected chi connectivity index (χ2v) is 27.2. The zero-order valence-electron chi connectivity index (χ0n) is 54.3. The van der Waals surface area contributed by atoms with Crippen LogP contribution in [0.4, 0.5) is 49.0 Å². The molecule has 0 aliphatic carbocycles. The number of carbonyl (C=O) groups excluding carboxylic acids is 5. The molecule has 2 aromatic carbocycles. The molecule has 0 bridgehead atoms. The predicted octanol–water partition coefficient (Wildman–Crippen LogP) is 11.6. The average molecular weight is 1360 g/mol. The molecule has 6 aliphatic heterocycles. The Morgan fingerprint density at radius 1 is 0.574 bits per heavy atom. The molecule has 10 heterocycles. The van der Waals surface area contributed by atoms with E-state index in [1.807, 2.05) is 51.7 Å². The van der Waals surface area contributed by atoms with Crippen LogP contribution in [0.2, 0.25) is 10.0 Å². The van der Waals surface area contributed by atoms with Gasteiger partial charge in [0.15, 0.2) is 11.3 Å². The normalized spacial score (nSPS) is 18.6. The number of aromatic nitrogens is 6. The number of nitrogens with one attached hydrogen (secondary N) is 2. The Kier molecular flexibility index (Phi) is 22.6. The number of hydrogen-bond acceptors (Lipinski definition) is 20. The van der Waals surface area contributed by atoms with Crippen molar-refractivity contribution in [2.24, 2.45) is 0 Å². The van der Waals surface area contributed by atoms with Crippen molar-refractivity contribution in [1.82, 2.24) is 43.9 Å². The van der Waals surface area contributed by atoms with Crippen molar-refractivity contribution >= 4 is 107 Å². The van der Waals surface area contributed by atoms with E-state index in [9.17, 15) is 24.0 Å². The maximum absolute atomic E-state index is 14.2. The van der Waals surface area contributed by atoms with E-state index in [0.717, 1.165) is 125 Å². The van der Waals surface area contributed by atoms with Crippen LogP contribution in [0.5, 0.6) is 0 Å². The molecule has 4 aromatic heterocycles. The number of benzene rings is 2. The number of rotatable bonds is 13. The van der Waals surface area contributed by atoms with Gasteiger partial charge in [-0.15, -0.1) is 0 Å². The fraction of sp³-hybridized carbons (Fsp3) is 0.547. The zero-order chi connectivity index (χ0) is 67.0. The summed E-state index contributed by atoms with van der Waals surface area (Å²) in [7, 11) is -3.04. The molecule has 6 saturated heterocycles. The topological polar surface area (TPSA) is 290 Å². The SMILES string of the molecule is CC(C)OC(=O)Nc1ccc(Cl)cc1C(=O)N1CCCC[C@H]1c1cc2nc(N3CCC3)cc(N3CCCCC3)n2n1.CC(C)OC(=O)Nc1ccc(Cl)cc1C(=O)N1CCCC[C@H]1c1cc2nc(N3CCC3)cc(N3CCN(C(=O)OC(C)(C)C)CC3)n2n1.O=[P+]([O-])OO.[HH]. The lowest BCUT2D eigenvalue weighted by molar-refractivity contribution is -0.244. The van der Waals surface area contributed by atoms with Crippen LogP contribution in [0.1, 0.15) is 165 Å². The largest absolute Gasteiger partial charge is 0.565 e. The summed E-state index contributed by atoms with van der Waals surface area (Å²) in [6.45, 7) is 22.0. The van der Waals surface area contributed by atoms with Crippen LogP contribution in [-0.4, -0.2) is 176 Å². The van der Waals surface area contributed by atoms with Crippen molar-refractivity contribution in [2.45, 2.75) is 149 Å². The van der Waals surface area contributed by atoms with Gasteiger partial charge < -0.3 is 53.4 Å². The predicted molar refractivity (Wildman–Crippen MR) is 358 cm³/mol. The Hall–Kier alpha value is -7.81. The molecule has 12 rings (SSSR count). The van der Waals surface area contributed by atoms with Gasteiger partial charge in [0.25, 0.3) is 11.8 Å². The number of likely N-dealkylation sites (tertiary alicyclic amines) is 2. The summed E-state index contributed by atoms with van der Waals surface area (Å²) < 4.78 is 31.6. The lowest BCUT2D eigenvalue weighted by atomic mass is 9.98. The van der Waals surface area contributed by atoms with Crippen LogP contribution < -0.4 is 35.1 Å². The van der Waals surface area contributed by atoms with Gasteiger partial charge in [-0.05, 0) is 160 Å². The molecule has 94 heavy (non-hydrogen) atoms. The van der Waals surface area contributed by atoms with Crippen molar-refractivity contribution in [1.29, 1.82) is 0 Å². The zero-order valence-corrected chi connectivity index (χ0v) is 56.7. The van der Waals surface area contributed by atoms with Gasteiger partial charge in [0.2, 0.25) is 0 Å². The van der Waals surface area contributed by atoms with E-state index in [2.05, 4.69) is 47.0 Å². The van der Waals surface area contributed by atoms with Crippen LogP contribution in [0.3, 0.4) is 0 Å². The van der Waals surface area contributed by atoms with Gasteiger partial charge in [-0.3, -0.25) is 20.2 Å². The van der Waals surface area contributed by atoms with Crippen molar-refractivity contribution in [2.75, 3.05) is 109 Å². The first-order valence-corrected chi connectivity index (χ1v) is 34.3. The summed E-state index contributed by atoms with van der Waals surface area (Å²) in [5.74, 6) is 3.42. The smallest absolute Gasteiger partial charge is 0.521 e. The van der Waals surface area contributed by atoms with Gasteiger partial charge >= 0.3 is 26.5 Å². The molecular formula is C64H86Cl2N15O12P. The molecule has 508 valence electrons. The van der Waals surface area contributed by atoms with E-state index < -0.39 is 26.0 Å². The maximum atomic E-state index is 14.2. The van der Waals surface area contributed by atoms with Gasteiger partial charge in [-0.2, -0.15) is 19.2 Å². The van der Waals surface area contributed by atoms with Crippen molar-refractivity contribution in [3.05, 3.63) is 93.2 Å². The number of piperidine rings is 3. The summed E-state index contributed by atoms with van der Waals surface area (Å²) in [5.41, 5.74) is 3.88. The number of hydrogen-bond donors (Lipinski definition) is 3. The fourth-order valence-corrected chi connectivity index (χ4v) is 12.6. The Balaban J connectivity index is 0.000000208. The molecule has 27 nitrogen and oxygen atoms in total. The van der Waals surface area contributed by atoms with E-state index in [-0.39, 0.29) is 43.6 Å². The van der Waals surface area contributed by atoms with Crippen LogP contribution in [0, 0.1) is 0 Å². The average Bonchev–Trinajstić information content (AvgIpc) is 1.66. The van der Waals surface area contributed by atoms with E-state index in [4.69, 9.17) is 72.3 Å². The van der Waals surface area contributed by atoms with E-state index in [1.165, 1.54) is 25.7 Å². The first kappa shape index (κ1) is 69.0. The third-order valence-corrected chi connectivity index (χ3v) is 17.6. The van der Waals surface area contributed by atoms with Crippen LogP contribution >= 0.6 is 31.5 Å². The van der Waals surface area contributed by atoms with Crippen molar-refractivity contribution in [3.8, 4) is 0 Å². The lowest BCUT2D eigenvalue weighted by Gasteiger charge is -2.37. The highest BCUT2D eigenvalue weighted by Crippen LogP contribution is 2.39. The molecule has 0 spiro atoms. The first-order valence-electron chi connectivity index (χ1n) is 32.4. The molecule has 6 aliphatic rings. The van der Waals surface area contributed by atoms with Crippen molar-refractivity contribution < 1.29 is 59.0 Å². The maximum Gasteiger partial charge on any atom is 0.521 e. The summed E-state index contributed by atoms with van der Waals surface area (Å²) in [6.07, 6.45) is 8.95. The Labute approximate surface area is 558 Å².